The number of esters is 1. The standard InChI is InChI=1S/C4H8O2.C2H6O.CHCl3.H2O/c1-3-6-4(2)5;1-2-3;2-1(3)4;/h3H2,1-2H3;3H,2H2,1H3;1H;1H2. The van der Waals surface area contributed by atoms with Crippen LogP contribution in [0.4, 0.5) is 0 Å². The summed E-state index contributed by atoms with van der Waals surface area (Å²) in [7, 11) is 0. The van der Waals surface area contributed by atoms with Crippen molar-refractivity contribution in [2.24, 2.45) is 0 Å². The molecule has 0 rings (SSSR count). The molecule has 0 bridgehead atoms. The summed E-state index contributed by atoms with van der Waals surface area (Å²) in [6.07, 6.45) is 0. The number of hydrogen-bond acceptors (Lipinski definition) is 3. The number of carbonyl (C=O) groups excluding carboxylic acids is 1. The normalized spacial score (nSPS) is 7.14. The van der Waals surface area contributed by atoms with E-state index in [1.54, 1.807) is 13.8 Å². The van der Waals surface area contributed by atoms with Crippen molar-refractivity contribution in [1.82, 2.24) is 0 Å². The fourth-order valence-corrected chi connectivity index (χ4v) is 0.203. The summed E-state index contributed by atoms with van der Waals surface area (Å²) >= 11 is 14.4. The highest BCUT2D eigenvalue weighted by molar-refractivity contribution is 6.63. The lowest BCUT2D eigenvalue weighted by atomic mass is 10.8. The van der Waals surface area contributed by atoms with Crippen LogP contribution in [0.3, 0.4) is 0 Å². The van der Waals surface area contributed by atoms with E-state index in [0.717, 1.165) is 0 Å². The Labute approximate surface area is 99.4 Å². The summed E-state index contributed by atoms with van der Waals surface area (Å²) in [5, 5.41) is 7.57. The lowest BCUT2D eigenvalue weighted by Gasteiger charge is -1.89. The summed E-state index contributed by atoms with van der Waals surface area (Å²) in [5.74, 6) is -0.211. The van der Waals surface area contributed by atoms with E-state index in [0.29, 0.717) is 6.61 Å². The highest BCUT2D eigenvalue weighted by Gasteiger charge is 1.81. The van der Waals surface area contributed by atoms with Gasteiger partial charge in [-0.05, 0) is 13.8 Å². The van der Waals surface area contributed by atoms with Crippen molar-refractivity contribution in [3.63, 3.8) is 0 Å². The number of aliphatic hydroxyl groups excluding tert-OH is 1. The van der Waals surface area contributed by atoms with Gasteiger partial charge in [-0.1, -0.05) is 34.8 Å². The van der Waals surface area contributed by atoms with Crippen LogP contribution in [-0.2, 0) is 9.53 Å². The number of halogens is 3. The summed E-state index contributed by atoms with van der Waals surface area (Å²) in [4.78, 5) is 9.82. The van der Waals surface area contributed by atoms with Gasteiger partial charge in [0.1, 0.15) is 0 Å². The average Bonchev–Trinajstić information content (AvgIpc) is 1.86. The van der Waals surface area contributed by atoms with E-state index in [1.165, 1.54) is 6.92 Å². The van der Waals surface area contributed by atoms with Crippen molar-refractivity contribution < 1.29 is 20.1 Å². The Morgan fingerprint density at radius 2 is 1.57 bits per heavy atom. The third-order valence-electron chi connectivity index (χ3n) is 0.348. The minimum atomic E-state index is -0.750. The van der Waals surface area contributed by atoms with Crippen molar-refractivity contribution >= 4 is 40.8 Å². The summed E-state index contributed by atoms with van der Waals surface area (Å²) in [6, 6.07) is 0. The molecule has 0 aliphatic heterocycles. The molecule has 0 aliphatic carbocycles. The maximum atomic E-state index is 9.82. The zero-order chi connectivity index (χ0) is 11.3. The van der Waals surface area contributed by atoms with E-state index in [-0.39, 0.29) is 18.1 Å². The molecule has 0 aromatic rings. The van der Waals surface area contributed by atoms with Gasteiger partial charge in [0.2, 0.25) is 0 Å². The molecule has 0 aromatic heterocycles. The molecule has 14 heavy (non-hydrogen) atoms. The zero-order valence-electron chi connectivity index (χ0n) is 8.39. The number of hydrogen-bond donors (Lipinski definition) is 1. The van der Waals surface area contributed by atoms with E-state index < -0.39 is 4.30 Å². The molecule has 4 nitrogen and oxygen atoms in total. The van der Waals surface area contributed by atoms with Crippen LogP contribution >= 0.6 is 34.8 Å². The third-order valence-corrected chi connectivity index (χ3v) is 0.348. The van der Waals surface area contributed by atoms with Gasteiger partial charge >= 0.3 is 5.97 Å². The number of aliphatic hydroxyl groups is 1. The van der Waals surface area contributed by atoms with E-state index in [1.807, 2.05) is 0 Å². The van der Waals surface area contributed by atoms with Gasteiger partial charge in [0.05, 0.1) is 6.61 Å². The Hall–Kier alpha value is 0.260. The van der Waals surface area contributed by atoms with Gasteiger partial charge < -0.3 is 15.3 Å². The molecule has 0 amide bonds. The molecule has 7 heteroatoms. The molecule has 0 saturated carbocycles. The van der Waals surface area contributed by atoms with Crippen molar-refractivity contribution in [3.05, 3.63) is 0 Å². The molecule has 0 aromatic carbocycles. The van der Waals surface area contributed by atoms with Crippen LogP contribution in [0.5, 0.6) is 0 Å². The Balaban J connectivity index is -0.0000000553. The van der Waals surface area contributed by atoms with Crippen LogP contribution in [0.2, 0.25) is 0 Å². The Kier molecular flexibility index (Phi) is 39.5. The first-order valence-corrected chi connectivity index (χ1v) is 4.89. The highest BCUT2D eigenvalue weighted by atomic mass is 35.6. The molecular weight excluding hydrogens is 254 g/mol. The number of alkyl halides is 3. The Morgan fingerprint density at radius 3 is 1.57 bits per heavy atom. The first-order chi connectivity index (χ1) is 5.92. The van der Waals surface area contributed by atoms with Crippen LogP contribution in [0.15, 0.2) is 0 Å². The maximum absolute atomic E-state index is 9.82. The first kappa shape index (κ1) is 23.8. The maximum Gasteiger partial charge on any atom is 0.302 e. The van der Waals surface area contributed by atoms with Crippen molar-refractivity contribution in [2.75, 3.05) is 13.2 Å². The van der Waals surface area contributed by atoms with Crippen LogP contribution in [0.25, 0.3) is 0 Å². The predicted octanol–water partition coefficient (Wildman–Crippen LogP) is 1.73. The topological polar surface area (TPSA) is 78.0 Å². The molecule has 0 fully saturated rings. The molecule has 0 saturated heterocycles. The minimum absolute atomic E-state index is 0. The molecular formula is C7H17Cl3O4. The predicted molar refractivity (Wildman–Crippen MR) is 60.0 cm³/mol. The molecule has 0 unspecified atom stereocenters. The Bertz CT molecular complexity index is 98.2. The molecule has 3 N–H and O–H groups in total. The smallest absolute Gasteiger partial charge is 0.302 e. The van der Waals surface area contributed by atoms with Crippen LogP contribution < -0.4 is 0 Å². The molecule has 0 atom stereocenters. The average molecular weight is 272 g/mol. The molecule has 0 aliphatic rings. The number of ether oxygens (including phenoxy) is 1. The summed E-state index contributed by atoms with van der Waals surface area (Å²) in [5.41, 5.74) is 0. The van der Waals surface area contributed by atoms with E-state index >= 15 is 0 Å². The molecule has 0 radical (unpaired) electrons. The second-order valence-electron chi connectivity index (χ2n) is 1.49. The lowest BCUT2D eigenvalue weighted by Crippen LogP contribution is -1.95. The summed E-state index contributed by atoms with van der Waals surface area (Å²) < 4.78 is 3.65. The zero-order valence-corrected chi connectivity index (χ0v) is 10.7. The van der Waals surface area contributed by atoms with E-state index in [9.17, 15) is 4.79 Å². The number of carbonyl (C=O) groups is 1. The third kappa shape index (κ3) is 146. The lowest BCUT2D eigenvalue weighted by molar-refractivity contribution is -0.140. The largest absolute Gasteiger partial charge is 0.466 e. The molecule has 0 spiro atoms. The summed E-state index contributed by atoms with van der Waals surface area (Å²) in [6.45, 7) is 5.58. The van der Waals surface area contributed by atoms with Gasteiger partial charge in [0.15, 0.2) is 4.30 Å². The quantitative estimate of drug-likeness (QED) is 0.583. The SMILES string of the molecule is CCO.CCOC(C)=O.ClC(Cl)Cl.O. The van der Waals surface area contributed by atoms with E-state index in [2.05, 4.69) is 4.74 Å². The van der Waals surface area contributed by atoms with Gasteiger partial charge in [-0.3, -0.25) is 4.79 Å². The van der Waals surface area contributed by atoms with Gasteiger partial charge in [-0.15, -0.1) is 0 Å². The number of rotatable bonds is 1. The second kappa shape index (κ2) is 23.2. The van der Waals surface area contributed by atoms with Gasteiger partial charge in [-0.2, -0.15) is 0 Å². The minimum Gasteiger partial charge on any atom is -0.466 e. The van der Waals surface area contributed by atoms with Crippen LogP contribution in [0, 0.1) is 0 Å². The molecule has 90 valence electrons. The van der Waals surface area contributed by atoms with Gasteiger partial charge in [0.25, 0.3) is 0 Å². The van der Waals surface area contributed by atoms with Crippen molar-refractivity contribution in [1.29, 1.82) is 0 Å². The van der Waals surface area contributed by atoms with Crippen molar-refractivity contribution in [3.8, 4) is 0 Å². The fraction of sp³-hybridized carbons (Fsp3) is 0.857. The van der Waals surface area contributed by atoms with Crippen LogP contribution in [0.1, 0.15) is 20.8 Å². The fourth-order valence-electron chi connectivity index (χ4n) is 0.203. The molecule has 0 heterocycles. The van der Waals surface area contributed by atoms with Crippen LogP contribution in [-0.4, -0.2) is 34.1 Å². The first-order valence-electron chi connectivity index (χ1n) is 3.58. The van der Waals surface area contributed by atoms with Crippen molar-refractivity contribution in [2.45, 2.75) is 25.1 Å². The Morgan fingerprint density at radius 1 is 1.36 bits per heavy atom. The highest BCUT2D eigenvalue weighted by Crippen LogP contribution is 2.03. The van der Waals surface area contributed by atoms with E-state index in [4.69, 9.17) is 39.9 Å². The van der Waals surface area contributed by atoms with Gasteiger partial charge in [-0.25, -0.2) is 0 Å². The second-order valence-corrected chi connectivity index (χ2v) is 3.47. The van der Waals surface area contributed by atoms with Gasteiger partial charge in [0, 0.05) is 13.5 Å². The monoisotopic (exact) mass is 270 g/mol.